The van der Waals surface area contributed by atoms with Crippen LogP contribution in [0.3, 0.4) is 0 Å². The zero-order valence-electron chi connectivity index (χ0n) is 49.2. The molecule has 22 heteroatoms. The lowest BCUT2D eigenvalue weighted by Gasteiger charge is -2.39. The highest BCUT2D eigenvalue weighted by atomic mass is 32.2. The molecule has 75 heavy (non-hydrogen) atoms. The van der Waals surface area contributed by atoms with E-state index in [4.69, 9.17) is 5.73 Å². The predicted octanol–water partition coefficient (Wildman–Crippen LogP) is 5.43. The maximum Gasteiger partial charge on any atom is 0.246 e. The van der Waals surface area contributed by atoms with Crippen LogP contribution in [-0.4, -0.2) is 160 Å². The van der Waals surface area contributed by atoms with E-state index in [9.17, 15) is 45.1 Å². The van der Waals surface area contributed by atoms with Crippen LogP contribution in [-0.2, 0) is 39.4 Å². The molecule has 450 valence electrons. The molecular weight excluding hydrogens is 1000 g/mol. The van der Waals surface area contributed by atoms with Crippen molar-refractivity contribution in [1.29, 1.82) is 0 Å². The Morgan fingerprint density at radius 3 is 0.893 bits per heavy atom. The second-order valence-corrected chi connectivity index (χ2v) is 22.5. The van der Waals surface area contributed by atoms with Crippen molar-refractivity contribution in [1.82, 2.24) is 21.3 Å². The molecule has 0 aromatic heterocycles. The van der Waals surface area contributed by atoms with E-state index < -0.39 is 55.5 Å². The summed E-state index contributed by atoms with van der Waals surface area (Å²) in [6, 6.07) is -1.38. The molecule has 12 N–H and O–H groups in total. The Labute approximate surface area is 458 Å². The molecule has 0 fully saturated rings. The first-order chi connectivity index (χ1) is 34.7. The monoisotopic (exact) mass is 1120 g/mol. The highest BCUT2D eigenvalue weighted by molar-refractivity contribution is 7.86. The number of hydrogen-bond acceptors (Lipinski definition) is 13. The quantitative estimate of drug-likeness (QED) is 0.0101. The molecule has 0 aromatic carbocycles. The topological polar surface area (TPSA) is 340 Å². The van der Waals surface area contributed by atoms with Crippen molar-refractivity contribution in [2.24, 2.45) is 23.3 Å². The summed E-state index contributed by atoms with van der Waals surface area (Å²) in [5.74, 6) is 3.72. The molecule has 0 aromatic rings. The van der Waals surface area contributed by atoms with Gasteiger partial charge in [0.15, 0.2) is 0 Å². The van der Waals surface area contributed by atoms with Gasteiger partial charge in [0.1, 0.15) is 0 Å². The summed E-state index contributed by atoms with van der Waals surface area (Å²) in [4.78, 5) is 44.9. The molecule has 0 spiro atoms. The van der Waals surface area contributed by atoms with Crippen LogP contribution in [0.25, 0.3) is 0 Å². The fourth-order valence-electron chi connectivity index (χ4n) is 7.58. The maximum absolute atomic E-state index is 11.4. The SMILES string of the molecule is C=C(C)C(=O)NCCCNC(=O)C(C)CS(=O)(=O)[O-].C=C(C)C(=O)NCCCNC(=O)C(N)CS(=O)(=O)[O-].CCCC[N+](CCCC)(CCCC)CCCC.CCCC[N+](CCCC)(CCCC)CCCC.NN.O. The van der Waals surface area contributed by atoms with Gasteiger partial charge in [-0.15, -0.1) is 0 Å². The third-order valence-electron chi connectivity index (χ3n) is 12.2. The highest BCUT2D eigenvalue weighted by Crippen LogP contribution is 2.18. The molecule has 0 radical (unpaired) electrons. The molecule has 0 aliphatic rings. The van der Waals surface area contributed by atoms with Gasteiger partial charge in [-0.3, -0.25) is 30.9 Å². The standard InChI is InChI=1S/2C16H36N.C11H20N2O5S.C10H19N3O5S.H4N2.H2O/c2*1-5-9-13-17(14-10-6-2,15-11-7-3)16-12-8-4;1-8(2)10(14)12-5-4-6-13-11(15)9(3)7-19(16,17)18;1-7(2)9(14)12-4-3-5-13-10(15)8(11)6-19(16,17)18;1-2;/h2*5-16H2,1-4H3;9H,1,4-7H2,2-3H3,(H,12,14)(H,13,15)(H,16,17,18);8H,1,3-6,11H2,2H3,(H,12,14)(H,13,15)(H,16,17,18);1-2H2;1H2/q2*+1;;;;/p-2. The van der Waals surface area contributed by atoms with Crippen molar-refractivity contribution in [3.63, 3.8) is 0 Å². The van der Waals surface area contributed by atoms with Crippen molar-refractivity contribution >= 4 is 43.9 Å². The van der Waals surface area contributed by atoms with Crippen LogP contribution in [0.5, 0.6) is 0 Å². The van der Waals surface area contributed by atoms with E-state index >= 15 is 0 Å². The molecule has 0 aliphatic carbocycles. The summed E-state index contributed by atoms with van der Waals surface area (Å²) in [7, 11) is -8.93. The van der Waals surface area contributed by atoms with E-state index in [1.807, 2.05) is 0 Å². The Hall–Kier alpha value is -3.06. The average molecular weight is 1120 g/mol. The number of nitrogens with one attached hydrogen (secondary N) is 4. The minimum absolute atomic E-state index is 0. The fourth-order valence-corrected chi connectivity index (χ4v) is 8.93. The van der Waals surface area contributed by atoms with Crippen LogP contribution in [0.4, 0.5) is 0 Å². The largest absolute Gasteiger partial charge is 0.748 e. The lowest BCUT2D eigenvalue weighted by Crippen LogP contribution is -2.50. The van der Waals surface area contributed by atoms with Gasteiger partial charge in [-0.05, 0) is 78.1 Å². The predicted molar refractivity (Wildman–Crippen MR) is 308 cm³/mol. The molecule has 0 rings (SSSR count). The maximum atomic E-state index is 11.4. The molecule has 2 unspecified atom stereocenters. The van der Waals surface area contributed by atoms with Gasteiger partial charge in [-0.2, -0.15) is 0 Å². The van der Waals surface area contributed by atoms with E-state index in [1.54, 1.807) is 13.8 Å². The molecule has 0 saturated heterocycles. The number of unbranched alkanes of at least 4 members (excludes halogenated alkanes) is 8. The van der Waals surface area contributed by atoms with Crippen LogP contribution in [0, 0.1) is 5.92 Å². The number of nitrogens with zero attached hydrogens (tertiary/aromatic N) is 2. The Morgan fingerprint density at radius 2 is 0.680 bits per heavy atom. The van der Waals surface area contributed by atoms with Crippen molar-refractivity contribution in [3.8, 4) is 0 Å². The fraction of sp³-hybridized carbons (Fsp3) is 0.849. The van der Waals surface area contributed by atoms with Gasteiger partial charge in [0.25, 0.3) is 0 Å². The molecule has 0 bridgehead atoms. The number of hydrogen-bond donors (Lipinski definition) is 7. The first-order valence-electron chi connectivity index (χ1n) is 27.8. The van der Waals surface area contributed by atoms with Crippen molar-refractivity contribution in [2.75, 3.05) is 90.0 Å². The number of quaternary nitrogens is 2. The van der Waals surface area contributed by atoms with E-state index in [1.165, 1.54) is 171 Å². The molecular formula is C53H115N9O11S2. The van der Waals surface area contributed by atoms with Crippen LogP contribution >= 0.6 is 0 Å². The Kier molecular flexibility index (Phi) is 58.8. The van der Waals surface area contributed by atoms with Crippen LogP contribution in [0.1, 0.15) is 192 Å². The molecule has 4 amide bonds. The summed E-state index contributed by atoms with van der Waals surface area (Å²) in [5, 5.41) is 10.0. The second-order valence-electron chi connectivity index (χ2n) is 19.6. The molecule has 20 nitrogen and oxygen atoms in total. The zero-order chi connectivity index (χ0) is 58.1. The number of carbonyl (C=O) groups excluding carboxylic acids is 4. The average Bonchev–Trinajstić information content (AvgIpc) is 3.35. The van der Waals surface area contributed by atoms with Gasteiger partial charge in [0, 0.05) is 49.0 Å². The van der Waals surface area contributed by atoms with Crippen LogP contribution in [0.15, 0.2) is 24.3 Å². The lowest BCUT2D eigenvalue weighted by molar-refractivity contribution is -0.929. The van der Waals surface area contributed by atoms with Crippen molar-refractivity contribution in [2.45, 2.75) is 198 Å². The van der Waals surface area contributed by atoms with E-state index in [0.29, 0.717) is 43.6 Å². The van der Waals surface area contributed by atoms with Gasteiger partial charge in [-0.1, -0.05) is 127 Å². The minimum Gasteiger partial charge on any atom is -0.748 e. The van der Waals surface area contributed by atoms with Gasteiger partial charge >= 0.3 is 0 Å². The second kappa shape index (κ2) is 53.0. The van der Waals surface area contributed by atoms with Gasteiger partial charge in [0.05, 0.1) is 84.4 Å². The lowest BCUT2D eigenvalue weighted by atomic mass is 10.1. The molecule has 0 saturated carbocycles. The summed E-state index contributed by atoms with van der Waals surface area (Å²) < 4.78 is 65.4. The highest BCUT2D eigenvalue weighted by Gasteiger charge is 2.26. The van der Waals surface area contributed by atoms with E-state index in [2.05, 4.69) is 102 Å². The van der Waals surface area contributed by atoms with Crippen LogP contribution < -0.4 is 38.7 Å². The van der Waals surface area contributed by atoms with E-state index in [-0.39, 0.29) is 23.8 Å². The number of rotatable bonds is 40. The third-order valence-corrected chi connectivity index (χ3v) is 13.8. The van der Waals surface area contributed by atoms with Gasteiger partial charge in [-0.25, -0.2) is 16.8 Å². The Balaban J connectivity index is -0.000000208. The minimum atomic E-state index is -4.53. The Bertz CT molecular complexity index is 1480. The first-order valence-corrected chi connectivity index (χ1v) is 31.0. The zero-order valence-corrected chi connectivity index (χ0v) is 50.9. The van der Waals surface area contributed by atoms with Crippen LogP contribution in [0.2, 0.25) is 0 Å². The van der Waals surface area contributed by atoms with Gasteiger partial charge < -0.3 is 50.5 Å². The van der Waals surface area contributed by atoms with E-state index in [0.717, 1.165) is 0 Å². The molecule has 0 heterocycles. The van der Waals surface area contributed by atoms with Crippen molar-refractivity contribution in [3.05, 3.63) is 24.3 Å². The number of carbonyl (C=O) groups is 4. The normalized spacial score (nSPS) is 11.9. The Morgan fingerprint density at radius 1 is 0.453 bits per heavy atom. The first kappa shape index (κ1) is 83.3. The third kappa shape index (κ3) is 54.1. The van der Waals surface area contributed by atoms with Gasteiger partial charge in [0.2, 0.25) is 23.6 Å². The molecule has 2 atom stereocenters. The summed E-state index contributed by atoms with van der Waals surface area (Å²) in [5.41, 5.74) is 6.02. The summed E-state index contributed by atoms with van der Waals surface area (Å²) in [6.45, 7) is 42.7. The summed E-state index contributed by atoms with van der Waals surface area (Å²) in [6.07, 6.45) is 23.1. The smallest absolute Gasteiger partial charge is 0.246 e. The number of amides is 4. The molecule has 0 aliphatic heterocycles. The number of nitrogens with two attached hydrogens (primary N) is 3. The number of hydrazine groups is 1. The van der Waals surface area contributed by atoms with Crippen molar-refractivity contribution < 1.29 is 59.6 Å². The summed E-state index contributed by atoms with van der Waals surface area (Å²) >= 11 is 0.